The second-order valence-corrected chi connectivity index (χ2v) is 5.40. The Morgan fingerprint density at radius 3 is 3.00 bits per heavy atom. The van der Waals surface area contributed by atoms with E-state index in [0.717, 1.165) is 13.0 Å². The molecule has 1 aromatic carbocycles. The zero-order valence-electron chi connectivity index (χ0n) is 11.7. The van der Waals surface area contributed by atoms with Crippen LogP contribution >= 0.6 is 0 Å². The number of hydrogen-bond acceptors (Lipinski definition) is 3. The third kappa shape index (κ3) is 2.89. The van der Waals surface area contributed by atoms with Crippen molar-refractivity contribution in [2.24, 2.45) is 5.73 Å². The average Bonchev–Trinajstić information content (AvgIpc) is 2.53. The maximum Gasteiger partial charge on any atom is 0.0605 e. The van der Waals surface area contributed by atoms with Crippen molar-refractivity contribution in [1.29, 1.82) is 0 Å². The zero-order valence-corrected chi connectivity index (χ0v) is 11.7. The summed E-state index contributed by atoms with van der Waals surface area (Å²) in [6, 6.07) is 13.1. The van der Waals surface area contributed by atoms with Gasteiger partial charge in [-0.05, 0) is 42.0 Å². The predicted molar refractivity (Wildman–Crippen MR) is 81.1 cm³/mol. The van der Waals surface area contributed by atoms with Crippen molar-refractivity contribution in [1.82, 2.24) is 10.3 Å². The number of hydrogen-bond donors (Lipinski definition) is 2. The first-order valence-corrected chi connectivity index (χ1v) is 7.32. The van der Waals surface area contributed by atoms with Crippen molar-refractivity contribution in [2.45, 2.75) is 38.4 Å². The molecule has 0 bridgehead atoms. The van der Waals surface area contributed by atoms with Crippen LogP contribution in [0, 0.1) is 0 Å². The van der Waals surface area contributed by atoms with E-state index in [4.69, 9.17) is 5.73 Å². The van der Waals surface area contributed by atoms with Crippen molar-refractivity contribution in [2.75, 3.05) is 0 Å². The largest absolute Gasteiger partial charge is 0.326 e. The summed E-state index contributed by atoms with van der Waals surface area (Å²) in [6.07, 6.45) is 5.46. The van der Waals surface area contributed by atoms with Crippen molar-refractivity contribution in [3.63, 3.8) is 0 Å². The summed E-state index contributed by atoms with van der Waals surface area (Å²) in [5, 5.41) is 3.64. The Balaban J connectivity index is 1.70. The van der Waals surface area contributed by atoms with Crippen LogP contribution in [0.25, 0.3) is 0 Å². The topological polar surface area (TPSA) is 50.9 Å². The summed E-state index contributed by atoms with van der Waals surface area (Å²) in [4.78, 5) is 4.56. The molecule has 0 fully saturated rings. The normalized spacial score (nSPS) is 17.8. The van der Waals surface area contributed by atoms with Gasteiger partial charge in [0.25, 0.3) is 0 Å². The molecule has 0 spiro atoms. The number of pyridine rings is 1. The number of aryl methyl sites for hydroxylation is 1. The molecule has 1 aliphatic rings. The summed E-state index contributed by atoms with van der Waals surface area (Å²) >= 11 is 0. The molecule has 1 atom stereocenters. The Hall–Kier alpha value is -1.71. The van der Waals surface area contributed by atoms with Gasteiger partial charge >= 0.3 is 0 Å². The standard InChI is InChI=1S/C17H21N3/c18-11-13-4-1-5-14(10-13)12-20-16-8-2-6-15-7-3-9-19-17(15)16/h1,3-5,7,9-10,16,20H,2,6,8,11-12,18H2. The van der Waals surface area contributed by atoms with Gasteiger partial charge < -0.3 is 11.1 Å². The molecule has 3 heteroatoms. The predicted octanol–water partition coefficient (Wildman–Crippen LogP) is 2.71. The molecular formula is C17H21N3. The molecule has 1 heterocycles. The average molecular weight is 267 g/mol. The van der Waals surface area contributed by atoms with Gasteiger partial charge in [-0.2, -0.15) is 0 Å². The second-order valence-electron chi connectivity index (χ2n) is 5.40. The summed E-state index contributed by atoms with van der Waals surface area (Å²) in [6.45, 7) is 1.47. The number of nitrogens with two attached hydrogens (primary N) is 1. The number of benzene rings is 1. The van der Waals surface area contributed by atoms with E-state index < -0.39 is 0 Å². The first kappa shape index (κ1) is 13.3. The van der Waals surface area contributed by atoms with Gasteiger partial charge in [-0.3, -0.25) is 4.98 Å². The highest BCUT2D eigenvalue weighted by molar-refractivity contribution is 5.27. The molecule has 1 aliphatic carbocycles. The van der Waals surface area contributed by atoms with E-state index in [1.54, 1.807) is 0 Å². The van der Waals surface area contributed by atoms with Gasteiger partial charge in [0.1, 0.15) is 0 Å². The van der Waals surface area contributed by atoms with Crippen molar-refractivity contribution in [3.05, 3.63) is 65.0 Å². The van der Waals surface area contributed by atoms with Crippen molar-refractivity contribution in [3.8, 4) is 0 Å². The summed E-state index contributed by atoms with van der Waals surface area (Å²) in [5.41, 5.74) is 10.8. The lowest BCUT2D eigenvalue weighted by Crippen LogP contribution is -2.26. The van der Waals surface area contributed by atoms with Crippen LogP contribution in [-0.2, 0) is 19.5 Å². The van der Waals surface area contributed by atoms with Crippen LogP contribution in [0.4, 0.5) is 0 Å². The fraction of sp³-hybridized carbons (Fsp3) is 0.353. The molecule has 2 aromatic rings. The van der Waals surface area contributed by atoms with E-state index in [-0.39, 0.29) is 0 Å². The number of nitrogens with zero attached hydrogens (tertiary/aromatic N) is 1. The molecule has 0 saturated heterocycles. The number of fused-ring (bicyclic) bond motifs is 1. The second kappa shape index (κ2) is 6.16. The zero-order chi connectivity index (χ0) is 13.8. The molecule has 1 aromatic heterocycles. The lowest BCUT2D eigenvalue weighted by atomic mass is 9.92. The summed E-state index contributed by atoms with van der Waals surface area (Å²) < 4.78 is 0. The molecule has 0 saturated carbocycles. The van der Waals surface area contributed by atoms with E-state index >= 15 is 0 Å². The van der Waals surface area contributed by atoms with Crippen LogP contribution in [0.2, 0.25) is 0 Å². The molecule has 0 radical (unpaired) electrons. The van der Waals surface area contributed by atoms with E-state index in [9.17, 15) is 0 Å². The lowest BCUT2D eigenvalue weighted by molar-refractivity contribution is 0.447. The minimum absolute atomic E-state index is 0.376. The van der Waals surface area contributed by atoms with Crippen LogP contribution in [0.15, 0.2) is 42.6 Å². The Morgan fingerprint density at radius 1 is 1.20 bits per heavy atom. The first-order valence-electron chi connectivity index (χ1n) is 7.32. The number of rotatable bonds is 4. The van der Waals surface area contributed by atoms with Gasteiger partial charge in [0.2, 0.25) is 0 Å². The van der Waals surface area contributed by atoms with Crippen molar-refractivity contribution >= 4 is 0 Å². The third-order valence-corrected chi connectivity index (χ3v) is 3.97. The molecule has 3 rings (SSSR count). The van der Waals surface area contributed by atoms with E-state index in [2.05, 4.69) is 40.6 Å². The van der Waals surface area contributed by atoms with Crippen LogP contribution in [0.3, 0.4) is 0 Å². The minimum Gasteiger partial charge on any atom is -0.326 e. The highest BCUT2D eigenvalue weighted by Crippen LogP contribution is 2.27. The first-order chi connectivity index (χ1) is 9.86. The van der Waals surface area contributed by atoms with Gasteiger partial charge in [-0.1, -0.05) is 30.3 Å². The van der Waals surface area contributed by atoms with Crippen LogP contribution in [0.1, 0.15) is 41.3 Å². The Labute approximate surface area is 120 Å². The van der Waals surface area contributed by atoms with Crippen LogP contribution < -0.4 is 11.1 Å². The van der Waals surface area contributed by atoms with Crippen LogP contribution in [0.5, 0.6) is 0 Å². The van der Waals surface area contributed by atoms with E-state index in [0.29, 0.717) is 12.6 Å². The summed E-state index contributed by atoms with van der Waals surface area (Å²) in [7, 11) is 0. The highest BCUT2D eigenvalue weighted by atomic mass is 14.9. The molecule has 104 valence electrons. The Bertz CT molecular complexity index is 580. The number of nitrogens with one attached hydrogen (secondary N) is 1. The van der Waals surface area contributed by atoms with Crippen LogP contribution in [-0.4, -0.2) is 4.98 Å². The molecule has 0 amide bonds. The Morgan fingerprint density at radius 2 is 2.10 bits per heavy atom. The third-order valence-electron chi connectivity index (χ3n) is 3.97. The molecule has 0 aliphatic heterocycles. The van der Waals surface area contributed by atoms with Gasteiger partial charge in [0.15, 0.2) is 0 Å². The maximum atomic E-state index is 5.69. The fourth-order valence-electron chi connectivity index (χ4n) is 2.92. The molecule has 3 nitrogen and oxygen atoms in total. The monoisotopic (exact) mass is 267 g/mol. The summed E-state index contributed by atoms with van der Waals surface area (Å²) in [5.74, 6) is 0. The molecule has 3 N–H and O–H groups in total. The van der Waals surface area contributed by atoms with Crippen molar-refractivity contribution < 1.29 is 0 Å². The molecule has 1 unspecified atom stereocenters. The van der Waals surface area contributed by atoms with E-state index in [1.807, 2.05) is 12.3 Å². The minimum atomic E-state index is 0.376. The smallest absolute Gasteiger partial charge is 0.0605 e. The van der Waals surface area contributed by atoms with Gasteiger partial charge in [-0.15, -0.1) is 0 Å². The fourth-order valence-corrected chi connectivity index (χ4v) is 2.92. The van der Waals surface area contributed by atoms with E-state index in [1.165, 1.54) is 35.2 Å². The maximum absolute atomic E-state index is 5.69. The molecule has 20 heavy (non-hydrogen) atoms. The quantitative estimate of drug-likeness (QED) is 0.895. The van der Waals surface area contributed by atoms with Gasteiger partial charge in [0, 0.05) is 19.3 Å². The molecular weight excluding hydrogens is 246 g/mol. The highest BCUT2D eigenvalue weighted by Gasteiger charge is 2.20. The van der Waals surface area contributed by atoms with Gasteiger partial charge in [0.05, 0.1) is 11.7 Å². The van der Waals surface area contributed by atoms with Gasteiger partial charge in [-0.25, -0.2) is 0 Å². The Kier molecular flexibility index (Phi) is 4.09. The SMILES string of the molecule is NCc1cccc(CNC2CCCc3cccnc32)c1. The number of aromatic nitrogens is 1. The lowest BCUT2D eigenvalue weighted by Gasteiger charge is -2.25.